The van der Waals surface area contributed by atoms with Gasteiger partial charge in [-0.25, -0.2) is 13.1 Å². The van der Waals surface area contributed by atoms with Crippen LogP contribution in [0, 0.1) is 0 Å². The fraction of sp³-hybridized carbons (Fsp3) is 0.385. The predicted molar refractivity (Wildman–Crippen MR) is 70.4 cm³/mol. The van der Waals surface area contributed by atoms with Crippen LogP contribution in [0.3, 0.4) is 0 Å². The van der Waals surface area contributed by atoms with E-state index in [0.717, 1.165) is 24.0 Å². The summed E-state index contributed by atoms with van der Waals surface area (Å²) in [6.07, 6.45) is 2.03. The number of hydrogen-bond acceptors (Lipinski definition) is 2. The number of benzene rings is 1. The zero-order valence-electron chi connectivity index (χ0n) is 10.4. The standard InChI is InChI=1S/C13H19NO2S/c1-4-5-12-6-8-13(9-7-12)17(15,16)14-10-11(2)3/h6-9,14H,2,4-5,10H2,1,3H3. The lowest BCUT2D eigenvalue weighted by Crippen LogP contribution is -2.25. The molecule has 0 heterocycles. The van der Waals surface area contributed by atoms with Gasteiger partial charge in [0.15, 0.2) is 0 Å². The minimum atomic E-state index is -3.40. The second-order valence-corrected chi connectivity index (χ2v) is 5.94. The third-order valence-corrected chi connectivity index (χ3v) is 3.75. The third kappa shape index (κ3) is 4.32. The number of rotatable bonds is 6. The Morgan fingerprint density at radius 3 is 2.35 bits per heavy atom. The van der Waals surface area contributed by atoms with Gasteiger partial charge >= 0.3 is 0 Å². The first-order chi connectivity index (χ1) is 7.95. The molecule has 4 heteroatoms. The van der Waals surface area contributed by atoms with Gasteiger partial charge < -0.3 is 0 Å². The summed E-state index contributed by atoms with van der Waals surface area (Å²) in [5, 5.41) is 0. The van der Waals surface area contributed by atoms with Crippen LogP contribution in [0.1, 0.15) is 25.8 Å². The van der Waals surface area contributed by atoms with Crippen LogP contribution in [0.2, 0.25) is 0 Å². The Balaban J connectivity index is 2.81. The highest BCUT2D eigenvalue weighted by molar-refractivity contribution is 7.89. The van der Waals surface area contributed by atoms with Crippen LogP contribution in [0.4, 0.5) is 0 Å². The normalized spacial score (nSPS) is 11.4. The topological polar surface area (TPSA) is 46.2 Å². The second kappa shape index (κ2) is 5.98. The van der Waals surface area contributed by atoms with E-state index >= 15 is 0 Å². The van der Waals surface area contributed by atoms with Crippen LogP contribution in [0.5, 0.6) is 0 Å². The van der Waals surface area contributed by atoms with E-state index in [1.165, 1.54) is 0 Å². The van der Waals surface area contributed by atoms with E-state index in [0.29, 0.717) is 4.90 Å². The number of hydrogen-bond donors (Lipinski definition) is 1. The molecule has 0 unspecified atom stereocenters. The summed E-state index contributed by atoms with van der Waals surface area (Å²) in [6.45, 7) is 7.82. The summed E-state index contributed by atoms with van der Waals surface area (Å²) < 4.78 is 26.2. The smallest absolute Gasteiger partial charge is 0.207 e. The van der Waals surface area contributed by atoms with Gasteiger partial charge in [0.05, 0.1) is 4.90 Å². The van der Waals surface area contributed by atoms with Crippen molar-refractivity contribution in [3.63, 3.8) is 0 Å². The molecule has 0 amide bonds. The highest BCUT2D eigenvalue weighted by Gasteiger charge is 2.12. The highest BCUT2D eigenvalue weighted by atomic mass is 32.2. The molecule has 94 valence electrons. The van der Waals surface area contributed by atoms with Crippen LogP contribution in [0.15, 0.2) is 41.3 Å². The van der Waals surface area contributed by atoms with Crippen molar-refractivity contribution in [2.75, 3.05) is 6.54 Å². The van der Waals surface area contributed by atoms with Crippen LogP contribution < -0.4 is 4.72 Å². The Kier molecular flexibility index (Phi) is 4.90. The minimum Gasteiger partial charge on any atom is -0.207 e. The number of aryl methyl sites for hydroxylation is 1. The Morgan fingerprint density at radius 2 is 1.88 bits per heavy atom. The molecule has 0 aliphatic heterocycles. The van der Waals surface area contributed by atoms with E-state index < -0.39 is 10.0 Å². The van der Waals surface area contributed by atoms with Gasteiger partial charge in [-0.05, 0) is 31.0 Å². The summed E-state index contributed by atoms with van der Waals surface area (Å²) in [4.78, 5) is 0.304. The van der Waals surface area contributed by atoms with E-state index in [9.17, 15) is 8.42 Å². The number of sulfonamides is 1. The summed E-state index contributed by atoms with van der Waals surface area (Å²) in [5.74, 6) is 0. The quantitative estimate of drug-likeness (QED) is 0.792. The Hall–Kier alpha value is -1.13. The minimum absolute atomic E-state index is 0.277. The number of nitrogens with one attached hydrogen (secondary N) is 1. The molecule has 17 heavy (non-hydrogen) atoms. The molecular formula is C13H19NO2S. The van der Waals surface area contributed by atoms with Crippen molar-refractivity contribution in [2.24, 2.45) is 0 Å². The monoisotopic (exact) mass is 253 g/mol. The molecule has 0 aromatic heterocycles. The average Bonchev–Trinajstić information content (AvgIpc) is 2.28. The van der Waals surface area contributed by atoms with Gasteiger partial charge in [0, 0.05) is 6.54 Å². The summed E-state index contributed by atoms with van der Waals surface area (Å²) >= 11 is 0. The van der Waals surface area contributed by atoms with Gasteiger partial charge in [0.25, 0.3) is 0 Å². The van der Waals surface area contributed by atoms with Crippen molar-refractivity contribution in [1.29, 1.82) is 0 Å². The summed E-state index contributed by atoms with van der Waals surface area (Å²) in [6, 6.07) is 7.01. The maximum absolute atomic E-state index is 11.9. The Morgan fingerprint density at radius 1 is 1.29 bits per heavy atom. The Labute approximate surface area is 104 Å². The van der Waals surface area contributed by atoms with Crippen molar-refractivity contribution < 1.29 is 8.42 Å². The largest absolute Gasteiger partial charge is 0.240 e. The van der Waals surface area contributed by atoms with Gasteiger partial charge in [-0.3, -0.25) is 0 Å². The van der Waals surface area contributed by atoms with Crippen LogP contribution in [0.25, 0.3) is 0 Å². The van der Waals surface area contributed by atoms with Crippen LogP contribution in [-0.4, -0.2) is 15.0 Å². The third-order valence-electron chi connectivity index (χ3n) is 2.34. The van der Waals surface area contributed by atoms with E-state index in [2.05, 4.69) is 18.2 Å². The van der Waals surface area contributed by atoms with Gasteiger partial charge in [-0.1, -0.05) is 37.6 Å². The Bertz CT molecular complexity index is 475. The molecule has 0 saturated carbocycles. The van der Waals surface area contributed by atoms with E-state index in [1.54, 1.807) is 19.1 Å². The van der Waals surface area contributed by atoms with Gasteiger partial charge in [0.1, 0.15) is 0 Å². The average molecular weight is 253 g/mol. The molecule has 0 aliphatic rings. The predicted octanol–water partition coefficient (Wildman–Crippen LogP) is 2.49. The van der Waals surface area contributed by atoms with Crippen molar-refractivity contribution in [3.05, 3.63) is 42.0 Å². The lowest BCUT2D eigenvalue weighted by Gasteiger charge is -2.07. The SMILES string of the molecule is C=C(C)CNS(=O)(=O)c1ccc(CCC)cc1. The molecule has 0 saturated heterocycles. The molecule has 0 atom stereocenters. The van der Waals surface area contributed by atoms with E-state index in [4.69, 9.17) is 0 Å². The molecule has 0 radical (unpaired) electrons. The molecule has 3 nitrogen and oxygen atoms in total. The van der Waals surface area contributed by atoms with Crippen LogP contribution >= 0.6 is 0 Å². The summed E-state index contributed by atoms with van der Waals surface area (Å²) in [7, 11) is -3.40. The molecule has 1 aromatic carbocycles. The second-order valence-electron chi connectivity index (χ2n) is 4.18. The lowest BCUT2D eigenvalue weighted by atomic mass is 10.1. The molecule has 0 bridgehead atoms. The maximum atomic E-state index is 11.9. The first-order valence-corrected chi connectivity index (χ1v) is 7.17. The van der Waals surface area contributed by atoms with E-state index in [-0.39, 0.29) is 6.54 Å². The lowest BCUT2D eigenvalue weighted by molar-refractivity contribution is 0.584. The zero-order chi connectivity index (χ0) is 12.9. The molecule has 1 rings (SSSR count). The molecule has 0 aliphatic carbocycles. The molecular weight excluding hydrogens is 234 g/mol. The fourth-order valence-corrected chi connectivity index (χ4v) is 2.52. The van der Waals surface area contributed by atoms with Crippen molar-refractivity contribution in [3.8, 4) is 0 Å². The molecule has 0 fully saturated rings. The van der Waals surface area contributed by atoms with Crippen molar-refractivity contribution in [2.45, 2.75) is 31.6 Å². The maximum Gasteiger partial charge on any atom is 0.240 e. The first-order valence-electron chi connectivity index (χ1n) is 5.68. The van der Waals surface area contributed by atoms with Gasteiger partial charge in [0.2, 0.25) is 10.0 Å². The fourth-order valence-electron chi connectivity index (χ4n) is 1.43. The van der Waals surface area contributed by atoms with Gasteiger partial charge in [-0.2, -0.15) is 0 Å². The molecule has 0 spiro atoms. The molecule has 1 aromatic rings. The van der Waals surface area contributed by atoms with Crippen molar-refractivity contribution in [1.82, 2.24) is 4.72 Å². The first kappa shape index (κ1) is 13.9. The van der Waals surface area contributed by atoms with Crippen molar-refractivity contribution >= 4 is 10.0 Å². The van der Waals surface area contributed by atoms with E-state index in [1.807, 2.05) is 12.1 Å². The molecule has 1 N–H and O–H groups in total. The van der Waals surface area contributed by atoms with Gasteiger partial charge in [-0.15, -0.1) is 0 Å². The highest BCUT2D eigenvalue weighted by Crippen LogP contribution is 2.11. The summed E-state index contributed by atoms with van der Waals surface area (Å²) in [5.41, 5.74) is 1.95. The van der Waals surface area contributed by atoms with Crippen LogP contribution in [-0.2, 0) is 16.4 Å². The zero-order valence-corrected chi connectivity index (χ0v) is 11.2.